The van der Waals surface area contributed by atoms with E-state index in [2.05, 4.69) is 28.2 Å². The van der Waals surface area contributed by atoms with Crippen LogP contribution < -0.4 is 5.32 Å². The SMILES string of the molecule is CCNC(Cc1cccc(F)c1Br)CC1CC1. The molecule has 1 nitrogen and oxygen atoms in total. The van der Waals surface area contributed by atoms with Crippen LogP contribution in [0.5, 0.6) is 0 Å². The van der Waals surface area contributed by atoms with E-state index in [4.69, 9.17) is 0 Å². The van der Waals surface area contributed by atoms with Crippen molar-refractivity contribution < 1.29 is 4.39 Å². The van der Waals surface area contributed by atoms with Crippen LogP contribution in [0.25, 0.3) is 0 Å². The van der Waals surface area contributed by atoms with Gasteiger partial charge in [-0.3, -0.25) is 0 Å². The first-order chi connectivity index (χ1) is 8.20. The van der Waals surface area contributed by atoms with E-state index < -0.39 is 0 Å². The Labute approximate surface area is 111 Å². The predicted molar refractivity (Wildman–Crippen MR) is 72.6 cm³/mol. The number of hydrogen-bond donors (Lipinski definition) is 1. The summed E-state index contributed by atoms with van der Waals surface area (Å²) in [6.45, 7) is 3.10. The quantitative estimate of drug-likeness (QED) is 0.840. The molecule has 0 aliphatic heterocycles. The topological polar surface area (TPSA) is 12.0 Å². The van der Waals surface area contributed by atoms with Crippen LogP contribution in [0.2, 0.25) is 0 Å². The average Bonchev–Trinajstić information content (AvgIpc) is 3.09. The zero-order valence-electron chi connectivity index (χ0n) is 10.2. The summed E-state index contributed by atoms with van der Waals surface area (Å²) < 4.78 is 14.0. The third kappa shape index (κ3) is 3.78. The lowest BCUT2D eigenvalue weighted by atomic mass is 10.0. The molecule has 1 saturated carbocycles. The molecule has 1 atom stereocenters. The van der Waals surface area contributed by atoms with Crippen LogP contribution in [0.1, 0.15) is 31.7 Å². The Morgan fingerprint density at radius 1 is 1.47 bits per heavy atom. The lowest BCUT2D eigenvalue weighted by molar-refractivity contribution is 0.464. The van der Waals surface area contributed by atoms with Gasteiger partial charge in [0.15, 0.2) is 0 Å². The Bertz CT molecular complexity index is 376. The van der Waals surface area contributed by atoms with Crippen molar-refractivity contribution in [2.45, 2.75) is 38.6 Å². The molecule has 0 aromatic heterocycles. The summed E-state index contributed by atoms with van der Waals surface area (Å²) in [5.74, 6) is 0.732. The minimum Gasteiger partial charge on any atom is -0.314 e. The Balaban J connectivity index is 2.02. The number of rotatable bonds is 6. The first-order valence-electron chi connectivity index (χ1n) is 6.37. The van der Waals surface area contributed by atoms with Crippen LogP contribution in [0, 0.1) is 11.7 Å². The Morgan fingerprint density at radius 2 is 2.24 bits per heavy atom. The van der Waals surface area contributed by atoms with E-state index in [1.165, 1.54) is 25.3 Å². The fourth-order valence-electron chi connectivity index (χ4n) is 2.25. The zero-order chi connectivity index (χ0) is 12.3. The Hall–Kier alpha value is -0.410. The number of halogens is 2. The highest BCUT2D eigenvalue weighted by Crippen LogP contribution is 2.34. The van der Waals surface area contributed by atoms with Gasteiger partial charge < -0.3 is 5.32 Å². The summed E-state index contributed by atoms with van der Waals surface area (Å²) >= 11 is 3.34. The third-order valence-corrected chi connectivity index (χ3v) is 4.19. The lowest BCUT2D eigenvalue weighted by Crippen LogP contribution is -2.31. The van der Waals surface area contributed by atoms with Crippen LogP contribution >= 0.6 is 15.9 Å². The summed E-state index contributed by atoms with van der Waals surface area (Å²) in [6.07, 6.45) is 4.86. The van der Waals surface area contributed by atoms with Gasteiger partial charge >= 0.3 is 0 Å². The van der Waals surface area contributed by atoms with Gasteiger partial charge in [0.05, 0.1) is 4.47 Å². The van der Waals surface area contributed by atoms with Crippen LogP contribution in [-0.2, 0) is 6.42 Å². The fourth-order valence-corrected chi connectivity index (χ4v) is 2.68. The van der Waals surface area contributed by atoms with E-state index >= 15 is 0 Å². The fraction of sp³-hybridized carbons (Fsp3) is 0.571. The molecule has 0 bridgehead atoms. The maximum Gasteiger partial charge on any atom is 0.137 e. The van der Waals surface area contributed by atoms with Crippen molar-refractivity contribution in [1.29, 1.82) is 0 Å². The van der Waals surface area contributed by atoms with E-state index in [0.717, 1.165) is 24.4 Å². The third-order valence-electron chi connectivity index (χ3n) is 3.31. The van der Waals surface area contributed by atoms with E-state index in [1.54, 1.807) is 6.07 Å². The molecular weight excluding hydrogens is 281 g/mol. The van der Waals surface area contributed by atoms with Gasteiger partial charge in [0.2, 0.25) is 0 Å². The van der Waals surface area contributed by atoms with Crippen molar-refractivity contribution >= 4 is 15.9 Å². The molecule has 1 aromatic rings. The van der Waals surface area contributed by atoms with E-state index in [0.29, 0.717) is 10.5 Å². The van der Waals surface area contributed by atoms with E-state index in [-0.39, 0.29) is 5.82 Å². The van der Waals surface area contributed by atoms with Crippen molar-refractivity contribution in [3.05, 3.63) is 34.1 Å². The molecule has 0 heterocycles. The largest absolute Gasteiger partial charge is 0.314 e. The predicted octanol–water partition coefficient (Wildman–Crippen LogP) is 3.91. The number of likely N-dealkylation sites (N-methyl/N-ethyl adjacent to an activating group) is 1. The molecule has 1 aliphatic rings. The molecule has 3 heteroatoms. The van der Waals surface area contributed by atoms with Gasteiger partial charge in [-0.2, -0.15) is 0 Å². The number of nitrogens with one attached hydrogen (secondary N) is 1. The van der Waals surface area contributed by atoms with Crippen LogP contribution in [-0.4, -0.2) is 12.6 Å². The second kappa shape index (κ2) is 5.96. The van der Waals surface area contributed by atoms with Gasteiger partial charge in [-0.1, -0.05) is 31.9 Å². The minimum atomic E-state index is -0.163. The van der Waals surface area contributed by atoms with Gasteiger partial charge in [-0.15, -0.1) is 0 Å². The summed E-state index contributed by atoms with van der Waals surface area (Å²) in [7, 11) is 0. The molecular formula is C14H19BrFN. The molecule has 0 saturated heterocycles. The molecule has 0 radical (unpaired) electrons. The van der Waals surface area contributed by atoms with Gasteiger partial charge in [-0.05, 0) is 52.9 Å². The second-order valence-corrected chi connectivity index (χ2v) is 5.64. The van der Waals surface area contributed by atoms with Crippen LogP contribution in [0.15, 0.2) is 22.7 Å². The maximum absolute atomic E-state index is 13.4. The summed E-state index contributed by atoms with van der Waals surface area (Å²) in [4.78, 5) is 0. The van der Waals surface area contributed by atoms with Crippen molar-refractivity contribution in [2.75, 3.05) is 6.54 Å². The monoisotopic (exact) mass is 299 g/mol. The molecule has 17 heavy (non-hydrogen) atoms. The first-order valence-corrected chi connectivity index (χ1v) is 7.16. The Kier molecular flexibility index (Phi) is 4.57. The normalized spacial score (nSPS) is 17.1. The van der Waals surface area contributed by atoms with Gasteiger partial charge in [0, 0.05) is 6.04 Å². The second-order valence-electron chi connectivity index (χ2n) is 4.85. The van der Waals surface area contributed by atoms with Crippen molar-refractivity contribution in [2.24, 2.45) is 5.92 Å². The molecule has 1 aromatic carbocycles. The average molecular weight is 300 g/mol. The van der Waals surface area contributed by atoms with E-state index in [9.17, 15) is 4.39 Å². The summed E-state index contributed by atoms with van der Waals surface area (Å²) in [5, 5.41) is 3.51. The van der Waals surface area contributed by atoms with Crippen LogP contribution in [0.3, 0.4) is 0 Å². The standard InChI is InChI=1S/C14H19BrFN/c1-2-17-12(8-10-6-7-10)9-11-4-3-5-13(16)14(11)15/h3-5,10,12,17H,2,6-9H2,1H3. The summed E-state index contributed by atoms with van der Waals surface area (Å²) in [5.41, 5.74) is 1.07. The maximum atomic E-state index is 13.4. The number of benzene rings is 1. The molecule has 0 amide bonds. The highest BCUT2D eigenvalue weighted by Gasteiger charge is 2.25. The van der Waals surface area contributed by atoms with Crippen molar-refractivity contribution in [3.8, 4) is 0 Å². The zero-order valence-corrected chi connectivity index (χ0v) is 11.8. The van der Waals surface area contributed by atoms with Crippen molar-refractivity contribution in [1.82, 2.24) is 5.32 Å². The van der Waals surface area contributed by atoms with Crippen LogP contribution in [0.4, 0.5) is 4.39 Å². The number of hydrogen-bond acceptors (Lipinski definition) is 1. The van der Waals surface area contributed by atoms with Gasteiger partial charge in [0.1, 0.15) is 5.82 Å². The lowest BCUT2D eigenvalue weighted by Gasteiger charge is -2.18. The summed E-state index contributed by atoms with van der Waals surface area (Å²) in [6, 6.07) is 5.77. The smallest absolute Gasteiger partial charge is 0.137 e. The molecule has 94 valence electrons. The Morgan fingerprint density at radius 3 is 2.88 bits per heavy atom. The van der Waals surface area contributed by atoms with Gasteiger partial charge in [0.25, 0.3) is 0 Å². The van der Waals surface area contributed by atoms with Gasteiger partial charge in [-0.25, -0.2) is 4.39 Å². The van der Waals surface area contributed by atoms with E-state index in [1.807, 2.05) is 6.07 Å². The molecule has 1 N–H and O–H groups in total. The highest BCUT2D eigenvalue weighted by molar-refractivity contribution is 9.10. The first kappa shape index (κ1) is 13.0. The molecule has 0 spiro atoms. The highest BCUT2D eigenvalue weighted by atomic mass is 79.9. The molecule has 1 aliphatic carbocycles. The molecule has 1 unspecified atom stereocenters. The molecule has 1 fully saturated rings. The minimum absolute atomic E-state index is 0.163. The molecule has 2 rings (SSSR count). The van der Waals surface area contributed by atoms with Crippen molar-refractivity contribution in [3.63, 3.8) is 0 Å².